The number of ether oxygens (including phenoxy) is 1. The van der Waals surface area contributed by atoms with Crippen molar-refractivity contribution in [3.63, 3.8) is 0 Å². The fraction of sp³-hybridized carbons (Fsp3) is 0.842. The zero-order chi connectivity index (χ0) is 15.9. The molecule has 2 heteroatoms. The Balaban J connectivity index is 3.39. The Morgan fingerprint density at radius 3 is 1.71 bits per heavy atom. The number of allylic oxidation sites excluding steroid dienone is 1. The van der Waals surface area contributed by atoms with E-state index in [4.69, 9.17) is 4.74 Å². The number of hydrogen-bond donors (Lipinski definition) is 0. The van der Waals surface area contributed by atoms with E-state index in [1.54, 1.807) is 0 Å². The summed E-state index contributed by atoms with van der Waals surface area (Å²) in [6, 6.07) is 0. The minimum atomic E-state index is -0.134. The van der Waals surface area contributed by atoms with Gasteiger partial charge in [0.1, 0.15) is 0 Å². The van der Waals surface area contributed by atoms with Crippen LogP contribution in [-0.4, -0.2) is 12.6 Å². The molecule has 0 radical (unpaired) electrons. The Hall–Kier alpha value is -0.790. The molecule has 124 valence electrons. The van der Waals surface area contributed by atoms with Gasteiger partial charge in [0.25, 0.3) is 0 Å². The van der Waals surface area contributed by atoms with Gasteiger partial charge >= 0.3 is 5.97 Å². The molecule has 2 nitrogen and oxygen atoms in total. The molecule has 0 aliphatic carbocycles. The molecule has 0 aliphatic heterocycles. The predicted molar refractivity (Wildman–Crippen MR) is 91.5 cm³/mol. The van der Waals surface area contributed by atoms with Gasteiger partial charge < -0.3 is 4.74 Å². The highest BCUT2D eigenvalue weighted by Gasteiger charge is 2.07. The maximum atomic E-state index is 11.7. The summed E-state index contributed by atoms with van der Waals surface area (Å²) in [6.07, 6.45) is 13.9. The van der Waals surface area contributed by atoms with Gasteiger partial charge in [-0.2, -0.15) is 0 Å². The van der Waals surface area contributed by atoms with E-state index in [1.165, 1.54) is 57.8 Å². The highest BCUT2D eigenvalue weighted by molar-refractivity contribution is 5.88. The summed E-state index contributed by atoms with van der Waals surface area (Å²) in [5, 5.41) is 0. The molecule has 0 aromatic carbocycles. The molecule has 0 fully saturated rings. The van der Waals surface area contributed by atoms with Crippen molar-refractivity contribution in [1.82, 2.24) is 0 Å². The summed E-state index contributed by atoms with van der Waals surface area (Å²) >= 11 is 0. The third-order valence-electron chi connectivity index (χ3n) is 4.21. The van der Waals surface area contributed by atoms with Gasteiger partial charge in [-0.1, -0.05) is 77.2 Å². The van der Waals surface area contributed by atoms with E-state index in [0.717, 1.165) is 24.0 Å². The monoisotopic (exact) mass is 296 g/mol. The van der Waals surface area contributed by atoms with Gasteiger partial charge in [-0.3, -0.25) is 0 Å². The van der Waals surface area contributed by atoms with Crippen LogP contribution in [-0.2, 0) is 9.53 Å². The molecule has 0 aromatic heterocycles. The first kappa shape index (κ1) is 20.2. The predicted octanol–water partition coefficient (Wildman–Crippen LogP) is 6.20. The molecule has 0 heterocycles. The Morgan fingerprint density at radius 1 is 0.762 bits per heavy atom. The van der Waals surface area contributed by atoms with E-state index in [1.807, 2.05) is 13.8 Å². The van der Waals surface area contributed by atoms with Gasteiger partial charge in [-0.05, 0) is 26.7 Å². The Labute approximate surface area is 132 Å². The highest BCUT2D eigenvalue weighted by atomic mass is 16.5. The van der Waals surface area contributed by atoms with Crippen LogP contribution >= 0.6 is 0 Å². The van der Waals surface area contributed by atoms with E-state index in [-0.39, 0.29) is 5.97 Å². The molecule has 0 N–H and O–H groups in total. The van der Waals surface area contributed by atoms with Gasteiger partial charge in [-0.15, -0.1) is 0 Å². The number of rotatable bonds is 13. The van der Waals surface area contributed by atoms with Gasteiger partial charge in [0.2, 0.25) is 0 Å². The zero-order valence-electron chi connectivity index (χ0n) is 14.8. The van der Waals surface area contributed by atoms with Crippen LogP contribution in [0.25, 0.3) is 0 Å². The lowest BCUT2D eigenvalue weighted by Gasteiger charge is -2.07. The summed E-state index contributed by atoms with van der Waals surface area (Å²) in [5.74, 6) is -0.134. The highest BCUT2D eigenvalue weighted by Crippen LogP contribution is 2.12. The minimum Gasteiger partial charge on any atom is -0.462 e. The maximum Gasteiger partial charge on any atom is 0.333 e. The molecule has 0 unspecified atom stereocenters. The molecule has 0 saturated carbocycles. The van der Waals surface area contributed by atoms with Crippen LogP contribution < -0.4 is 0 Å². The van der Waals surface area contributed by atoms with Crippen LogP contribution in [0.15, 0.2) is 11.1 Å². The van der Waals surface area contributed by atoms with Crippen molar-refractivity contribution in [2.24, 2.45) is 0 Å². The zero-order valence-corrected chi connectivity index (χ0v) is 14.8. The van der Waals surface area contributed by atoms with Crippen molar-refractivity contribution in [3.8, 4) is 0 Å². The number of hydrogen-bond acceptors (Lipinski definition) is 2. The van der Waals surface area contributed by atoms with Crippen molar-refractivity contribution in [2.75, 3.05) is 6.61 Å². The lowest BCUT2D eigenvalue weighted by atomic mass is 10.1. The van der Waals surface area contributed by atoms with Crippen molar-refractivity contribution < 1.29 is 9.53 Å². The van der Waals surface area contributed by atoms with Crippen LogP contribution in [0.2, 0.25) is 0 Å². The van der Waals surface area contributed by atoms with Crippen molar-refractivity contribution >= 4 is 5.97 Å². The number of carbonyl (C=O) groups is 1. The van der Waals surface area contributed by atoms with Crippen LogP contribution in [0.1, 0.15) is 98.3 Å². The van der Waals surface area contributed by atoms with Crippen LogP contribution in [0.5, 0.6) is 0 Å². The Kier molecular flexibility index (Phi) is 13.6. The van der Waals surface area contributed by atoms with E-state index < -0.39 is 0 Å². The topological polar surface area (TPSA) is 26.3 Å². The van der Waals surface area contributed by atoms with Gasteiger partial charge in [0.15, 0.2) is 0 Å². The molecule has 21 heavy (non-hydrogen) atoms. The normalized spacial score (nSPS) is 12.2. The summed E-state index contributed by atoms with van der Waals surface area (Å²) in [6.45, 7) is 8.75. The van der Waals surface area contributed by atoms with Gasteiger partial charge in [-0.25, -0.2) is 4.79 Å². The molecule has 0 aromatic rings. The third-order valence-corrected chi connectivity index (χ3v) is 4.21. The fourth-order valence-corrected chi connectivity index (χ4v) is 2.30. The van der Waals surface area contributed by atoms with Gasteiger partial charge in [0.05, 0.1) is 6.61 Å². The summed E-state index contributed by atoms with van der Waals surface area (Å²) < 4.78 is 5.30. The summed E-state index contributed by atoms with van der Waals surface area (Å²) in [5.41, 5.74) is 1.91. The molecule has 0 aliphatic rings. The number of unbranched alkanes of at least 4 members (excludes halogenated alkanes) is 9. The molecule has 0 rings (SSSR count). The molecule has 0 saturated heterocycles. The average Bonchev–Trinajstić information content (AvgIpc) is 2.50. The second kappa shape index (κ2) is 14.2. The molecule has 0 bridgehead atoms. The van der Waals surface area contributed by atoms with Crippen LogP contribution in [0.4, 0.5) is 0 Å². The third kappa shape index (κ3) is 11.5. The molecular formula is C19H36O2. The van der Waals surface area contributed by atoms with Crippen molar-refractivity contribution in [2.45, 2.75) is 98.3 Å². The summed E-state index contributed by atoms with van der Waals surface area (Å²) in [7, 11) is 0. The first-order valence-corrected chi connectivity index (χ1v) is 8.96. The smallest absolute Gasteiger partial charge is 0.333 e. The number of esters is 1. The quantitative estimate of drug-likeness (QED) is 0.230. The first-order chi connectivity index (χ1) is 10.1. The standard InChI is InChI=1S/C19H36O2/c1-5-7-8-9-10-11-12-13-14-15-16-21-19(20)18(4)17(3)6-2/h5-16H2,1-4H3. The Bertz CT molecular complexity index is 292. The van der Waals surface area contributed by atoms with E-state index in [0.29, 0.717) is 6.61 Å². The average molecular weight is 296 g/mol. The first-order valence-electron chi connectivity index (χ1n) is 8.96. The maximum absolute atomic E-state index is 11.7. The van der Waals surface area contributed by atoms with Crippen LogP contribution in [0, 0.1) is 0 Å². The van der Waals surface area contributed by atoms with E-state index in [2.05, 4.69) is 13.8 Å². The lowest BCUT2D eigenvalue weighted by Crippen LogP contribution is -2.08. The molecular weight excluding hydrogens is 260 g/mol. The van der Waals surface area contributed by atoms with Crippen molar-refractivity contribution in [3.05, 3.63) is 11.1 Å². The van der Waals surface area contributed by atoms with Gasteiger partial charge in [0, 0.05) is 5.57 Å². The molecule has 0 atom stereocenters. The number of carbonyl (C=O) groups excluding carboxylic acids is 1. The fourth-order valence-electron chi connectivity index (χ4n) is 2.30. The molecule has 0 amide bonds. The second-order valence-electron chi connectivity index (χ2n) is 6.08. The van der Waals surface area contributed by atoms with E-state index >= 15 is 0 Å². The van der Waals surface area contributed by atoms with Crippen LogP contribution in [0.3, 0.4) is 0 Å². The lowest BCUT2D eigenvalue weighted by molar-refractivity contribution is -0.139. The second-order valence-corrected chi connectivity index (χ2v) is 6.08. The minimum absolute atomic E-state index is 0.134. The summed E-state index contributed by atoms with van der Waals surface area (Å²) in [4.78, 5) is 11.7. The Morgan fingerprint density at radius 2 is 1.24 bits per heavy atom. The largest absolute Gasteiger partial charge is 0.462 e. The molecule has 0 spiro atoms. The SMILES string of the molecule is CCCCCCCCCCCCOC(=O)C(C)=C(C)CC. The van der Waals surface area contributed by atoms with E-state index in [9.17, 15) is 4.79 Å². The van der Waals surface area contributed by atoms with Crippen molar-refractivity contribution in [1.29, 1.82) is 0 Å².